The summed E-state index contributed by atoms with van der Waals surface area (Å²) < 4.78 is 35.3. The Kier molecular flexibility index (Phi) is 6.04. The molecule has 0 aromatic carbocycles. The number of likely N-dealkylation sites (tertiary alicyclic amines) is 1. The molecule has 0 bridgehead atoms. The van der Waals surface area contributed by atoms with Crippen molar-refractivity contribution in [3.63, 3.8) is 0 Å². The zero-order valence-electron chi connectivity index (χ0n) is 16.3. The van der Waals surface area contributed by atoms with Gasteiger partial charge in [-0.05, 0) is 47.5 Å². The maximum Gasteiger partial charge on any atom is 0.424 e. The average molecular weight is 378 g/mol. The van der Waals surface area contributed by atoms with Gasteiger partial charge >= 0.3 is 12.2 Å². The van der Waals surface area contributed by atoms with Crippen molar-refractivity contribution in [2.75, 3.05) is 19.3 Å². The lowest BCUT2D eigenvalue weighted by atomic mass is 9.91. The second-order valence-corrected chi connectivity index (χ2v) is 10.4. The second-order valence-electron chi connectivity index (χ2n) is 8.45. The smallest absolute Gasteiger partial charge is 0.424 e. The van der Waals surface area contributed by atoms with E-state index in [4.69, 9.17) is 9.47 Å². The maximum atomic E-state index is 12.3. The first-order chi connectivity index (χ1) is 11.0. The molecule has 8 nitrogen and oxygen atoms in total. The zero-order valence-corrected chi connectivity index (χ0v) is 17.1. The third kappa shape index (κ3) is 6.37. The molecular weight excluding hydrogens is 348 g/mol. The van der Waals surface area contributed by atoms with E-state index in [1.807, 2.05) is 6.92 Å². The Bertz CT molecular complexity index is 618. The molecule has 9 heteroatoms. The van der Waals surface area contributed by atoms with Crippen LogP contribution >= 0.6 is 0 Å². The quantitative estimate of drug-likeness (QED) is 0.749. The summed E-state index contributed by atoms with van der Waals surface area (Å²) in [5.74, 6) is 0.0409. The van der Waals surface area contributed by atoms with Gasteiger partial charge in [-0.2, -0.15) is 0 Å². The first kappa shape index (κ1) is 21.5. The molecule has 1 aliphatic rings. The number of hydrogen-bond donors (Lipinski definition) is 0. The topological polar surface area (TPSA) is 93.2 Å². The molecule has 1 saturated heterocycles. The van der Waals surface area contributed by atoms with Gasteiger partial charge in [-0.25, -0.2) is 22.3 Å². The van der Waals surface area contributed by atoms with Crippen LogP contribution in [0.15, 0.2) is 0 Å². The van der Waals surface area contributed by atoms with E-state index in [1.165, 1.54) is 4.90 Å². The number of ether oxygens (including phenoxy) is 2. The molecule has 0 radical (unpaired) electrons. The standard InChI is InChI=1S/C16H30N2O6S/c1-11-9-17(13(19)23-15(2,3)4)12(11)10-18(25(8,21)22)14(20)24-16(5,6)7/h11-12H,9-10H2,1-8H3/t11-,12-/m1/s1. The molecule has 25 heavy (non-hydrogen) atoms. The predicted molar refractivity (Wildman–Crippen MR) is 93.7 cm³/mol. The van der Waals surface area contributed by atoms with Gasteiger partial charge in [0, 0.05) is 6.54 Å². The van der Waals surface area contributed by atoms with Crippen LogP contribution in [-0.4, -0.2) is 66.4 Å². The van der Waals surface area contributed by atoms with Gasteiger partial charge in [-0.15, -0.1) is 0 Å². The molecule has 1 aliphatic heterocycles. The van der Waals surface area contributed by atoms with Crippen LogP contribution in [0.2, 0.25) is 0 Å². The highest BCUT2D eigenvalue weighted by Crippen LogP contribution is 2.28. The monoisotopic (exact) mass is 378 g/mol. The lowest BCUT2D eigenvalue weighted by Crippen LogP contribution is -2.63. The molecule has 0 saturated carbocycles. The zero-order chi connectivity index (χ0) is 19.8. The fourth-order valence-electron chi connectivity index (χ4n) is 2.37. The molecular formula is C16H30N2O6S. The van der Waals surface area contributed by atoms with Crippen molar-refractivity contribution in [3.05, 3.63) is 0 Å². The van der Waals surface area contributed by atoms with E-state index >= 15 is 0 Å². The van der Waals surface area contributed by atoms with Crippen LogP contribution in [0.25, 0.3) is 0 Å². The van der Waals surface area contributed by atoms with E-state index in [2.05, 4.69) is 0 Å². The fourth-order valence-corrected chi connectivity index (χ4v) is 3.11. The lowest BCUT2D eigenvalue weighted by molar-refractivity contribution is -0.0321. The first-order valence-electron chi connectivity index (χ1n) is 8.21. The van der Waals surface area contributed by atoms with Crippen molar-refractivity contribution in [2.45, 2.75) is 65.7 Å². The molecule has 1 rings (SSSR count). The molecule has 0 aromatic heterocycles. The highest BCUT2D eigenvalue weighted by molar-refractivity contribution is 7.88. The number of hydrogen-bond acceptors (Lipinski definition) is 6. The summed E-state index contributed by atoms with van der Waals surface area (Å²) in [6.07, 6.45) is -0.524. The maximum absolute atomic E-state index is 12.3. The Labute approximate surface area is 150 Å². The predicted octanol–water partition coefficient (Wildman–Crippen LogP) is 2.44. The van der Waals surface area contributed by atoms with Crippen LogP contribution in [0.3, 0.4) is 0 Å². The van der Waals surface area contributed by atoms with Crippen LogP contribution in [0.4, 0.5) is 9.59 Å². The van der Waals surface area contributed by atoms with E-state index < -0.39 is 39.5 Å². The molecule has 2 amide bonds. The summed E-state index contributed by atoms with van der Waals surface area (Å²) in [4.78, 5) is 26.0. The highest BCUT2D eigenvalue weighted by atomic mass is 32.2. The van der Waals surface area contributed by atoms with Crippen molar-refractivity contribution in [1.82, 2.24) is 9.21 Å². The average Bonchev–Trinajstić information content (AvgIpc) is 2.29. The Morgan fingerprint density at radius 3 is 1.92 bits per heavy atom. The van der Waals surface area contributed by atoms with Crippen LogP contribution in [0.1, 0.15) is 48.5 Å². The number of rotatable bonds is 3. The number of nitrogens with zero attached hydrogens (tertiary/aromatic N) is 2. The summed E-state index contributed by atoms with van der Waals surface area (Å²) in [6.45, 7) is 12.4. The lowest BCUT2D eigenvalue weighted by Gasteiger charge is -2.47. The van der Waals surface area contributed by atoms with Crippen molar-refractivity contribution < 1.29 is 27.5 Å². The van der Waals surface area contributed by atoms with E-state index in [-0.39, 0.29) is 12.5 Å². The normalized spacial score (nSPS) is 21.4. The first-order valence-corrected chi connectivity index (χ1v) is 10.1. The summed E-state index contributed by atoms with van der Waals surface area (Å²) >= 11 is 0. The largest absolute Gasteiger partial charge is 0.444 e. The molecule has 0 unspecified atom stereocenters. The third-order valence-electron chi connectivity index (χ3n) is 3.52. The Morgan fingerprint density at radius 2 is 1.56 bits per heavy atom. The SMILES string of the molecule is C[C@@H]1CN(C(=O)OC(C)(C)C)[C@@H]1CN(C(=O)OC(C)(C)C)S(C)(=O)=O. The van der Waals surface area contributed by atoms with Crippen LogP contribution < -0.4 is 0 Å². The molecule has 0 aliphatic carbocycles. The third-order valence-corrected chi connectivity index (χ3v) is 4.62. The fraction of sp³-hybridized carbons (Fsp3) is 0.875. The van der Waals surface area contributed by atoms with Gasteiger partial charge in [0.1, 0.15) is 11.2 Å². The second kappa shape index (κ2) is 7.01. The van der Waals surface area contributed by atoms with Gasteiger partial charge in [-0.1, -0.05) is 6.92 Å². The van der Waals surface area contributed by atoms with Gasteiger partial charge in [0.2, 0.25) is 10.0 Å². The molecule has 0 N–H and O–H groups in total. The van der Waals surface area contributed by atoms with Gasteiger partial charge in [0.05, 0.1) is 18.8 Å². The van der Waals surface area contributed by atoms with Crippen molar-refractivity contribution in [2.24, 2.45) is 5.92 Å². The molecule has 2 atom stereocenters. The van der Waals surface area contributed by atoms with Gasteiger partial charge in [0.25, 0.3) is 0 Å². The van der Waals surface area contributed by atoms with Crippen LogP contribution in [-0.2, 0) is 19.5 Å². The van der Waals surface area contributed by atoms with Crippen molar-refractivity contribution in [1.29, 1.82) is 0 Å². The molecule has 1 fully saturated rings. The minimum Gasteiger partial charge on any atom is -0.444 e. The number of amides is 2. The summed E-state index contributed by atoms with van der Waals surface area (Å²) in [5.41, 5.74) is -1.47. The van der Waals surface area contributed by atoms with E-state index in [1.54, 1.807) is 41.5 Å². The van der Waals surface area contributed by atoms with Gasteiger partial charge in [0.15, 0.2) is 0 Å². The molecule has 146 valence electrons. The number of sulfonamides is 1. The molecule has 0 spiro atoms. The van der Waals surface area contributed by atoms with Crippen molar-refractivity contribution >= 4 is 22.2 Å². The molecule has 0 aromatic rings. The number of carbonyl (C=O) groups excluding carboxylic acids is 2. The minimum absolute atomic E-state index is 0.0409. The van der Waals surface area contributed by atoms with Gasteiger partial charge in [-0.3, -0.25) is 0 Å². The Balaban J connectivity index is 2.92. The Morgan fingerprint density at radius 1 is 1.08 bits per heavy atom. The van der Waals surface area contributed by atoms with E-state index in [0.717, 1.165) is 6.26 Å². The summed E-state index contributed by atoms with van der Waals surface area (Å²) in [5, 5.41) is 0. The summed E-state index contributed by atoms with van der Waals surface area (Å²) in [6, 6.07) is -0.447. The van der Waals surface area contributed by atoms with Crippen LogP contribution in [0, 0.1) is 5.92 Å². The Hall–Kier alpha value is -1.51. The highest BCUT2D eigenvalue weighted by Gasteiger charge is 2.44. The van der Waals surface area contributed by atoms with Crippen LogP contribution in [0.5, 0.6) is 0 Å². The van der Waals surface area contributed by atoms with Gasteiger partial charge < -0.3 is 14.4 Å². The summed E-state index contributed by atoms with van der Waals surface area (Å²) in [7, 11) is -3.84. The van der Waals surface area contributed by atoms with E-state index in [0.29, 0.717) is 10.8 Å². The van der Waals surface area contributed by atoms with E-state index in [9.17, 15) is 18.0 Å². The number of carbonyl (C=O) groups is 2. The molecule has 1 heterocycles. The minimum atomic E-state index is -3.84. The van der Waals surface area contributed by atoms with Crippen molar-refractivity contribution in [3.8, 4) is 0 Å².